The molecule has 0 aliphatic carbocycles. The van der Waals surface area contributed by atoms with Gasteiger partial charge in [-0.15, -0.1) is 6.42 Å². The number of carbonyl (C=O) groups is 2. The Balaban J connectivity index is 1.41. The highest BCUT2D eigenvalue weighted by atomic mass is 16.2. The van der Waals surface area contributed by atoms with Crippen molar-refractivity contribution in [2.75, 3.05) is 11.9 Å². The molecule has 1 aromatic heterocycles. The summed E-state index contributed by atoms with van der Waals surface area (Å²) in [6.07, 6.45) is 9.05. The molecule has 3 aromatic carbocycles. The second-order valence-corrected chi connectivity index (χ2v) is 7.40. The molecule has 2 amide bonds. The molecule has 0 unspecified atom stereocenters. The summed E-state index contributed by atoms with van der Waals surface area (Å²) in [6.45, 7) is 0.519. The molecule has 6 nitrogen and oxygen atoms in total. The standard InChI is InChI=1S/C27H22N4O2/c1-2-20-7-5-8-23(17-20)30-26(32)18-28-27(33)25-10-4-3-9-24(25)22-13-11-21(12-14-22)19-31-16-6-15-29-31/h1,3-17H,18-19H2,(H,28,33)(H,30,32). The van der Waals surface area contributed by atoms with Crippen molar-refractivity contribution >= 4 is 17.5 Å². The van der Waals surface area contributed by atoms with Crippen LogP contribution >= 0.6 is 0 Å². The summed E-state index contributed by atoms with van der Waals surface area (Å²) in [5.74, 6) is 1.87. The Morgan fingerprint density at radius 1 is 0.970 bits per heavy atom. The monoisotopic (exact) mass is 434 g/mol. The number of carbonyl (C=O) groups excluding carboxylic acids is 2. The minimum atomic E-state index is -0.335. The van der Waals surface area contributed by atoms with Gasteiger partial charge in [0.25, 0.3) is 5.91 Å². The summed E-state index contributed by atoms with van der Waals surface area (Å²) < 4.78 is 1.85. The number of rotatable bonds is 7. The molecule has 0 bridgehead atoms. The fraction of sp³-hybridized carbons (Fsp3) is 0.0741. The van der Waals surface area contributed by atoms with Gasteiger partial charge in [0.15, 0.2) is 0 Å². The Labute approximate surface area is 192 Å². The molecule has 0 saturated heterocycles. The molecule has 4 rings (SSSR count). The van der Waals surface area contributed by atoms with Crippen LogP contribution in [-0.2, 0) is 11.3 Å². The van der Waals surface area contributed by atoms with E-state index in [-0.39, 0.29) is 18.4 Å². The van der Waals surface area contributed by atoms with Gasteiger partial charge in [-0.2, -0.15) is 5.10 Å². The smallest absolute Gasteiger partial charge is 0.252 e. The average Bonchev–Trinajstić information content (AvgIpc) is 3.36. The van der Waals surface area contributed by atoms with Crippen molar-refractivity contribution in [1.29, 1.82) is 0 Å². The van der Waals surface area contributed by atoms with Crippen molar-refractivity contribution in [3.63, 3.8) is 0 Å². The molecule has 4 aromatic rings. The van der Waals surface area contributed by atoms with E-state index in [1.165, 1.54) is 0 Å². The number of nitrogens with one attached hydrogen (secondary N) is 2. The first kappa shape index (κ1) is 21.6. The van der Waals surface area contributed by atoms with Gasteiger partial charge in [0.05, 0.1) is 13.1 Å². The molecule has 1 heterocycles. The Kier molecular flexibility index (Phi) is 6.62. The van der Waals surface area contributed by atoms with Crippen molar-refractivity contribution in [1.82, 2.24) is 15.1 Å². The zero-order chi connectivity index (χ0) is 23.0. The molecule has 33 heavy (non-hydrogen) atoms. The molecule has 0 aliphatic heterocycles. The van der Waals surface area contributed by atoms with Crippen LogP contribution in [0.3, 0.4) is 0 Å². The zero-order valence-corrected chi connectivity index (χ0v) is 17.9. The molecule has 0 saturated carbocycles. The van der Waals surface area contributed by atoms with Gasteiger partial charge in [-0.05, 0) is 47.0 Å². The third-order valence-electron chi connectivity index (χ3n) is 5.06. The number of benzene rings is 3. The van der Waals surface area contributed by atoms with Gasteiger partial charge in [-0.3, -0.25) is 14.3 Å². The fourth-order valence-electron chi connectivity index (χ4n) is 3.45. The van der Waals surface area contributed by atoms with E-state index < -0.39 is 0 Å². The van der Waals surface area contributed by atoms with Gasteiger partial charge in [0.2, 0.25) is 5.91 Å². The summed E-state index contributed by atoms with van der Waals surface area (Å²) in [6, 6.07) is 24.2. The number of terminal acetylenes is 1. The highest BCUT2D eigenvalue weighted by Gasteiger charge is 2.14. The third-order valence-corrected chi connectivity index (χ3v) is 5.06. The molecule has 0 spiro atoms. The molecule has 2 N–H and O–H groups in total. The first-order valence-electron chi connectivity index (χ1n) is 10.4. The average molecular weight is 434 g/mol. The number of aromatic nitrogens is 2. The van der Waals surface area contributed by atoms with Crippen molar-refractivity contribution in [3.8, 4) is 23.5 Å². The van der Waals surface area contributed by atoms with Crippen molar-refractivity contribution in [3.05, 3.63) is 108 Å². The van der Waals surface area contributed by atoms with E-state index in [9.17, 15) is 9.59 Å². The number of hydrogen-bond donors (Lipinski definition) is 2. The van der Waals surface area contributed by atoms with E-state index in [4.69, 9.17) is 6.42 Å². The summed E-state index contributed by atoms with van der Waals surface area (Å²) in [4.78, 5) is 25.1. The Morgan fingerprint density at radius 2 is 1.79 bits per heavy atom. The van der Waals surface area contributed by atoms with Gasteiger partial charge in [0, 0.05) is 29.2 Å². The zero-order valence-electron chi connectivity index (χ0n) is 17.9. The number of nitrogens with zero attached hydrogens (tertiary/aromatic N) is 2. The lowest BCUT2D eigenvalue weighted by molar-refractivity contribution is -0.115. The van der Waals surface area contributed by atoms with Gasteiger partial charge in [-0.25, -0.2) is 0 Å². The molecule has 0 fully saturated rings. The largest absolute Gasteiger partial charge is 0.343 e. The Morgan fingerprint density at radius 3 is 2.55 bits per heavy atom. The second-order valence-electron chi connectivity index (χ2n) is 7.40. The highest BCUT2D eigenvalue weighted by molar-refractivity contribution is 6.03. The Hall–Kier alpha value is -4.63. The minimum absolute atomic E-state index is 0.156. The molecule has 6 heteroatoms. The molecule has 0 atom stereocenters. The van der Waals surface area contributed by atoms with Gasteiger partial charge in [0.1, 0.15) is 0 Å². The van der Waals surface area contributed by atoms with Crippen LogP contribution < -0.4 is 10.6 Å². The normalized spacial score (nSPS) is 10.3. The van der Waals surface area contributed by atoms with Crippen LogP contribution in [0.5, 0.6) is 0 Å². The summed E-state index contributed by atoms with van der Waals surface area (Å²) in [5, 5.41) is 9.66. The maximum absolute atomic E-state index is 12.8. The predicted molar refractivity (Wildman–Crippen MR) is 129 cm³/mol. The first-order chi connectivity index (χ1) is 16.1. The van der Waals surface area contributed by atoms with Crippen LogP contribution in [-0.4, -0.2) is 28.1 Å². The third kappa shape index (κ3) is 5.54. The topological polar surface area (TPSA) is 76.0 Å². The SMILES string of the molecule is C#Cc1cccc(NC(=O)CNC(=O)c2ccccc2-c2ccc(Cn3cccn3)cc2)c1. The maximum Gasteiger partial charge on any atom is 0.252 e. The molecular weight excluding hydrogens is 412 g/mol. The van der Waals surface area contributed by atoms with Crippen LogP contribution in [0.1, 0.15) is 21.5 Å². The van der Waals surface area contributed by atoms with E-state index >= 15 is 0 Å². The van der Waals surface area contributed by atoms with Gasteiger partial charge in [-0.1, -0.05) is 54.5 Å². The van der Waals surface area contributed by atoms with E-state index in [0.29, 0.717) is 23.4 Å². The van der Waals surface area contributed by atoms with Crippen LogP contribution in [0, 0.1) is 12.3 Å². The van der Waals surface area contributed by atoms with E-state index in [1.807, 2.05) is 53.3 Å². The molecular formula is C27H22N4O2. The number of anilines is 1. The minimum Gasteiger partial charge on any atom is -0.343 e. The van der Waals surface area contributed by atoms with E-state index in [2.05, 4.69) is 21.7 Å². The highest BCUT2D eigenvalue weighted by Crippen LogP contribution is 2.24. The van der Waals surface area contributed by atoms with Crippen LogP contribution in [0.4, 0.5) is 5.69 Å². The molecule has 0 aliphatic rings. The molecule has 0 radical (unpaired) electrons. The fourth-order valence-corrected chi connectivity index (χ4v) is 3.45. The number of hydrogen-bond acceptors (Lipinski definition) is 3. The van der Waals surface area contributed by atoms with E-state index in [1.54, 1.807) is 42.6 Å². The lowest BCUT2D eigenvalue weighted by atomic mass is 9.98. The van der Waals surface area contributed by atoms with Crippen LogP contribution in [0.25, 0.3) is 11.1 Å². The van der Waals surface area contributed by atoms with Crippen molar-refractivity contribution in [2.45, 2.75) is 6.54 Å². The summed E-state index contributed by atoms with van der Waals surface area (Å²) in [5.41, 5.74) is 4.57. The maximum atomic E-state index is 12.8. The lowest BCUT2D eigenvalue weighted by Gasteiger charge is -2.12. The van der Waals surface area contributed by atoms with E-state index in [0.717, 1.165) is 16.7 Å². The van der Waals surface area contributed by atoms with Crippen molar-refractivity contribution < 1.29 is 9.59 Å². The Bertz CT molecular complexity index is 1300. The van der Waals surface area contributed by atoms with Crippen molar-refractivity contribution in [2.24, 2.45) is 0 Å². The quantitative estimate of drug-likeness (QED) is 0.433. The summed E-state index contributed by atoms with van der Waals surface area (Å²) in [7, 11) is 0. The van der Waals surface area contributed by atoms with Crippen LogP contribution in [0.15, 0.2) is 91.3 Å². The van der Waals surface area contributed by atoms with Gasteiger partial charge < -0.3 is 10.6 Å². The predicted octanol–water partition coefficient (Wildman–Crippen LogP) is 3.95. The molecule has 162 valence electrons. The summed E-state index contributed by atoms with van der Waals surface area (Å²) >= 11 is 0. The van der Waals surface area contributed by atoms with Gasteiger partial charge >= 0.3 is 0 Å². The number of amides is 2. The first-order valence-corrected chi connectivity index (χ1v) is 10.4. The lowest BCUT2D eigenvalue weighted by Crippen LogP contribution is -2.33. The van der Waals surface area contributed by atoms with Crippen LogP contribution in [0.2, 0.25) is 0 Å². The second kappa shape index (κ2) is 10.1.